The normalized spacial score (nSPS) is 12.3. The number of hydrogen-bond acceptors (Lipinski definition) is 3. The zero-order valence-electron chi connectivity index (χ0n) is 15.1. The molecule has 0 aromatic carbocycles. The van der Waals surface area contributed by atoms with Crippen molar-refractivity contribution in [3.8, 4) is 0 Å². The van der Waals surface area contributed by atoms with E-state index in [2.05, 4.69) is 34.8 Å². The molecule has 0 heterocycles. The fourth-order valence-electron chi connectivity index (χ4n) is 2.23. The molecular weight excluding hydrogens is 407 g/mol. The molecular formula is C16H35IN4O2. The molecule has 0 aromatic heterocycles. The second kappa shape index (κ2) is 17.8. The Morgan fingerprint density at radius 2 is 1.87 bits per heavy atom. The maximum Gasteiger partial charge on any atom is 0.239 e. The van der Waals surface area contributed by atoms with Gasteiger partial charge in [0, 0.05) is 27.2 Å². The first-order chi connectivity index (χ1) is 10.7. The molecule has 0 aliphatic rings. The molecule has 0 spiro atoms. The number of nitrogens with zero attached hydrogens (tertiary/aromatic N) is 1. The average molecular weight is 442 g/mol. The fraction of sp³-hybridized carbons (Fsp3) is 0.875. The van der Waals surface area contributed by atoms with Crippen LogP contribution in [0, 0.1) is 5.92 Å². The second-order valence-corrected chi connectivity index (χ2v) is 5.45. The zero-order valence-corrected chi connectivity index (χ0v) is 17.4. The maximum absolute atomic E-state index is 11.6. The lowest BCUT2D eigenvalue weighted by molar-refractivity contribution is -0.120. The van der Waals surface area contributed by atoms with E-state index in [1.54, 1.807) is 14.2 Å². The highest BCUT2D eigenvalue weighted by Crippen LogP contribution is 2.13. The second-order valence-electron chi connectivity index (χ2n) is 5.45. The standard InChI is InChI=1S/C16H34N4O2.HI/c1-5-7-9-14(8-6-2)12-19-16(17-3)20-13-15(21)18-10-11-22-4;/h14H,5-13H2,1-4H3,(H,18,21)(H2,17,19,20);1H. The number of aliphatic imine (C=N–C) groups is 1. The van der Waals surface area contributed by atoms with Gasteiger partial charge in [0.25, 0.3) is 0 Å². The van der Waals surface area contributed by atoms with Gasteiger partial charge in [-0.1, -0.05) is 33.1 Å². The molecule has 0 saturated carbocycles. The van der Waals surface area contributed by atoms with Crippen molar-refractivity contribution in [1.29, 1.82) is 0 Å². The van der Waals surface area contributed by atoms with Crippen LogP contribution < -0.4 is 16.0 Å². The summed E-state index contributed by atoms with van der Waals surface area (Å²) in [4.78, 5) is 15.8. The van der Waals surface area contributed by atoms with Crippen molar-refractivity contribution >= 4 is 35.8 Å². The van der Waals surface area contributed by atoms with Gasteiger partial charge in [0.2, 0.25) is 5.91 Å². The van der Waals surface area contributed by atoms with Crippen LogP contribution in [0.3, 0.4) is 0 Å². The SMILES string of the molecule is CCCCC(CCC)CNC(=NC)NCC(=O)NCCOC.I. The third-order valence-electron chi connectivity index (χ3n) is 3.49. The average Bonchev–Trinajstić information content (AvgIpc) is 2.52. The summed E-state index contributed by atoms with van der Waals surface area (Å²) in [7, 11) is 3.33. The largest absolute Gasteiger partial charge is 0.383 e. The summed E-state index contributed by atoms with van der Waals surface area (Å²) in [6.45, 7) is 6.61. The lowest BCUT2D eigenvalue weighted by Crippen LogP contribution is -2.44. The molecule has 3 N–H and O–H groups in total. The molecule has 0 aromatic rings. The summed E-state index contributed by atoms with van der Waals surface area (Å²) in [5, 5.41) is 9.12. The number of methoxy groups -OCH3 is 1. The first-order valence-electron chi connectivity index (χ1n) is 8.38. The number of amides is 1. The van der Waals surface area contributed by atoms with Gasteiger partial charge in [0.15, 0.2) is 5.96 Å². The van der Waals surface area contributed by atoms with Crippen molar-refractivity contribution in [3.63, 3.8) is 0 Å². The van der Waals surface area contributed by atoms with Crippen LogP contribution in [-0.4, -0.2) is 52.3 Å². The van der Waals surface area contributed by atoms with Crippen LogP contribution in [0.2, 0.25) is 0 Å². The van der Waals surface area contributed by atoms with E-state index in [0.29, 0.717) is 25.0 Å². The summed E-state index contributed by atoms with van der Waals surface area (Å²) in [6.07, 6.45) is 6.16. The minimum absolute atomic E-state index is 0. The third kappa shape index (κ3) is 14.7. The zero-order chi connectivity index (χ0) is 16.6. The molecule has 1 unspecified atom stereocenters. The third-order valence-corrected chi connectivity index (χ3v) is 3.49. The van der Waals surface area contributed by atoms with E-state index in [-0.39, 0.29) is 36.4 Å². The first kappa shape index (κ1) is 24.7. The monoisotopic (exact) mass is 442 g/mol. The Morgan fingerprint density at radius 3 is 2.43 bits per heavy atom. The van der Waals surface area contributed by atoms with Gasteiger partial charge in [-0.05, 0) is 18.8 Å². The molecule has 1 atom stereocenters. The number of unbranched alkanes of at least 4 members (excludes halogenated alkanes) is 1. The van der Waals surface area contributed by atoms with Gasteiger partial charge in [0.1, 0.15) is 0 Å². The highest BCUT2D eigenvalue weighted by molar-refractivity contribution is 14.0. The van der Waals surface area contributed by atoms with Crippen LogP contribution in [0.4, 0.5) is 0 Å². The topological polar surface area (TPSA) is 74.8 Å². The van der Waals surface area contributed by atoms with E-state index >= 15 is 0 Å². The first-order valence-corrected chi connectivity index (χ1v) is 8.38. The van der Waals surface area contributed by atoms with E-state index in [9.17, 15) is 4.79 Å². The molecule has 23 heavy (non-hydrogen) atoms. The predicted molar refractivity (Wildman–Crippen MR) is 108 cm³/mol. The quantitative estimate of drug-likeness (QED) is 0.187. The fourth-order valence-corrected chi connectivity index (χ4v) is 2.23. The van der Waals surface area contributed by atoms with Gasteiger partial charge >= 0.3 is 0 Å². The Hall–Kier alpha value is -0.570. The summed E-state index contributed by atoms with van der Waals surface area (Å²) >= 11 is 0. The van der Waals surface area contributed by atoms with Crippen molar-refractivity contribution in [2.45, 2.75) is 46.0 Å². The Kier molecular flexibility index (Phi) is 19.1. The predicted octanol–water partition coefficient (Wildman–Crippen LogP) is 2.14. The van der Waals surface area contributed by atoms with Gasteiger partial charge in [-0.15, -0.1) is 24.0 Å². The molecule has 0 bridgehead atoms. The molecule has 1 amide bonds. The van der Waals surface area contributed by atoms with Crippen LogP contribution in [0.15, 0.2) is 4.99 Å². The summed E-state index contributed by atoms with van der Waals surface area (Å²) in [6, 6.07) is 0. The number of ether oxygens (including phenoxy) is 1. The van der Waals surface area contributed by atoms with E-state index in [0.717, 1.165) is 6.54 Å². The molecule has 0 fully saturated rings. The van der Waals surface area contributed by atoms with E-state index < -0.39 is 0 Å². The molecule has 0 aliphatic heterocycles. The Morgan fingerprint density at radius 1 is 1.13 bits per heavy atom. The highest BCUT2D eigenvalue weighted by atomic mass is 127. The lowest BCUT2D eigenvalue weighted by Gasteiger charge is -2.18. The highest BCUT2D eigenvalue weighted by Gasteiger charge is 2.09. The number of nitrogens with one attached hydrogen (secondary N) is 3. The van der Waals surface area contributed by atoms with Crippen LogP contribution >= 0.6 is 24.0 Å². The van der Waals surface area contributed by atoms with Crippen molar-refractivity contribution < 1.29 is 9.53 Å². The molecule has 0 saturated heterocycles. The van der Waals surface area contributed by atoms with Gasteiger partial charge in [-0.3, -0.25) is 9.79 Å². The number of carbonyl (C=O) groups excluding carboxylic acids is 1. The molecule has 7 heteroatoms. The molecule has 138 valence electrons. The lowest BCUT2D eigenvalue weighted by atomic mass is 9.97. The molecule has 0 rings (SSSR count). The van der Waals surface area contributed by atoms with Crippen molar-refractivity contribution in [3.05, 3.63) is 0 Å². The van der Waals surface area contributed by atoms with Crippen molar-refractivity contribution in [1.82, 2.24) is 16.0 Å². The minimum Gasteiger partial charge on any atom is -0.383 e. The van der Waals surface area contributed by atoms with Crippen LogP contribution in [0.25, 0.3) is 0 Å². The van der Waals surface area contributed by atoms with Crippen LogP contribution in [0.1, 0.15) is 46.0 Å². The minimum atomic E-state index is -0.0592. The Balaban J connectivity index is 0. The Labute approximate surface area is 158 Å². The summed E-state index contributed by atoms with van der Waals surface area (Å²) in [5.41, 5.74) is 0. The number of hydrogen-bond donors (Lipinski definition) is 3. The van der Waals surface area contributed by atoms with E-state index in [4.69, 9.17) is 4.74 Å². The van der Waals surface area contributed by atoms with E-state index in [1.807, 2.05) is 0 Å². The number of guanidine groups is 1. The van der Waals surface area contributed by atoms with Gasteiger partial charge in [0.05, 0.1) is 13.2 Å². The van der Waals surface area contributed by atoms with Gasteiger partial charge in [-0.25, -0.2) is 0 Å². The molecule has 0 radical (unpaired) electrons. The maximum atomic E-state index is 11.6. The van der Waals surface area contributed by atoms with Crippen LogP contribution in [-0.2, 0) is 9.53 Å². The molecule has 6 nitrogen and oxygen atoms in total. The molecule has 0 aliphatic carbocycles. The van der Waals surface area contributed by atoms with Crippen LogP contribution in [0.5, 0.6) is 0 Å². The van der Waals surface area contributed by atoms with Crippen molar-refractivity contribution in [2.24, 2.45) is 10.9 Å². The van der Waals surface area contributed by atoms with Gasteiger partial charge < -0.3 is 20.7 Å². The summed E-state index contributed by atoms with van der Waals surface area (Å²) in [5.74, 6) is 1.29. The number of carbonyl (C=O) groups is 1. The number of rotatable bonds is 12. The number of halogens is 1. The van der Waals surface area contributed by atoms with Gasteiger partial charge in [-0.2, -0.15) is 0 Å². The summed E-state index contributed by atoms with van der Waals surface area (Å²) < 4.78 is 4.89. The van der Waals surface area contributed by atoms with E-state index in [1.165, 1.54) is 32.1 Å². The smallest absolute Gasteiger partial charge is 0.239 e. The Bertz CT molecular complexity index is 314. The van der Waals surface area contributed by atoms with Crippen molar-refractivity contribution in [2.75, 3.05) is 40.4 Å².